The Morgan fingerprint density at radius 3 is 2.53 bits per heavy atom. The molecule has 1 amide bonds. The maximum Gasteiger partial charge on any atom is 0.266 e. The van der Waals surface area contributed by atoms with E-state index in [9.17, 15) is 13.6 Å². The summed E-state index contributed by atoms with van der Waals surface area (Å²) < 4.78 is 34.9. The van der Waals surface area contributed by atoms with E-state index in [2.05, 4.69) is 11.9 Å². The van der Waals surface area contributed by atoms with Crippen LogP contribution in [-0.4, -0.2) is 28.9 Å². The van der Waals surface area contributed by atoms with Crippen molar-refractivity contribution in [2.45, 2.75) is 51.6 Å². The molecular formula is C30H29ClF2N2O2S. The van der Waals surface area contributed by atoms with Crippen LogP contribution in [0.3, 0.4) is 0 Å². The highest BCUT2D eigenvalue weighted by Gasteiger charge is 2.33. The number of aromatic nitrogens is 1. The lowest BCUT2D eigenvalue weighted by atomic mass is 9.83. The second-order valence-electron chi connectivity index (χ2n) is 9.76. The molecule has 2 heterocycles. The number of methoxy groups -OCH3 is 1. The predicted octanol–water partition coefficient (Wildman–Crippen LogP) is 8.51. The Labute approximate surface area is 230 Å². The van der Waals surface area contributed by atoms with Crippen molar-refractivity contribution in [2.24, 2.45) is 5.92 Å². The zero-order chi connectivity index (χ0) is 26.8. The maximum absolute atomic E-state index is 14.6. The number of pyridine rings is 1. The van der Waals surface area contributed by atoms with Crippen molar-refractivity contribution in [2.75, 3.05) is 7.11 Å². The van der Waals surface area contributed by atoms with Gasteiger partial charge in [-0.05, 0) is 67.5 Å². The highest BCUT2D eigenvalue weighted by Crippen LogP contribution is 2.41. The van der Waals surface area contributed by atoms with Crippen molar-refractivity contribution >= 4 is 38.9 Å². The van der Waals surface area contributed by atoms with Crippen LogP contribution in [0.5, 0.6) is 5.75 Å². The van der Waals surface area contributed by atoms with Crippen LogP contribution >= 0.6 is 22.9 Å². The third-order valence-electron chi connectivity index (χ3n) is 7.59. The Bertz CT molecular complexity index is 1450. The van der Waals surface area contributed by atoms with E-state index in [1.807, 2.05) is 35.2 Å². The van der Waals surface area contributed by atoms with Crippen LogP contribution in [0.25, 0.3) is 21.2 Å². The monoisotopic (exact) mass is 554 g/mol. The number of carbonyl (C=O) groups is 1. The van der Waals surface area contributed by atoms with Crippen LogP contribution in [0, 0.1) is 17.6 Å². The van der Waals surface area contributed by atoms with Crippen molar-refractivity contribution in [1.82, 2.24) is 9.88 Å². The molecule has 1 aliphatic rings. The standard InChI is InChI=1S/C30H29ClF2N2O2S/c1-3-18-6-9-22(10-7-18)35(30(36)29-27(31)26-23(32)11-12-24(33)28(26)38-29)17-21-15-19(8-13-25(21)37-2)20-5-4-14-34-16-20/h4-5,8,11-16,18,22H,3,6-7,9-10,17H2,1-2H3. The van der Waals surface area contributed by atoms with Gasteiger partial charge in [0.2, 0.25) is 0 Å². The molecule has 5 rings (SSSR count). The normalized spacial score (nSPS) is 17.5. The number of nitrogens with zero attached hydrogens (tertiary/aromatic N) is 2. The predicted molar refractivity (Wildman–Crippen MR) is 149 cm³/mol. The number of thiophene rings is 1. The summed E-state index contributed by atoms with van der Waals surface area (Å²) in [6.07, 6.45) is 8.41. The summed E-state index contributed by atoms with van der Waals surface area (Å²) in [5, 5.41) is -0.0684. The molecule has 1 fully saturated rings. The molecule has 198 valence electrons. The van der Waals surface area contributed by atoms with Crippen LogP contribution in [-0.2, 0) is 6.54 Å². The lowest BCUT2D eigenvalue weighted by Gasteiger charge is -2.37. The summed E-state index contributed by atoms with van der Waals surface area (Å²) in [4.78, 5) is 20.3. The molecule has 2 aromatic carbocycles. The number of rotatable bonds is 7. The second-order valence-corrected chi connectivity index (χ2v) is 11.2. The lowest BCUT2D eigenvalue weighted by Crippen LogP contribution is -2.41. The molecule has 4 nitrogen and oxygen atoms in total. The molecule has 2 aromatic heterocycles. The zero-order valence-electron chi connectivity index (χ0n) is 21.3. The van der Waals surface area contributed by atoms with Crippen molar-refractivity contribution in [1.29, 1.82) is 0 Å². The second kappa shape index (κ2) is 11.4. The van der Waals surface area contributed by atoms with Crippen LogP contribution in [0.1, 0.15) is 54.3 Å². The zero-order valence-corrected chi connectivity index (χ0v) is 22.9. The van der Waals surface area contributed by atoms with Gasteiger partial charge in [-0.3, -0.25) is 9.78 Å². The first-order valence-corrected chi connectivity index (χ1v) is 14.0. The minimum Gasteiger partial charge on any atom is -0.496 e. The number of carbonyl (C=O) groups excluding carboxylic acids is 1. The molecule has 4 aromatic rings. The molecule has 1 aliphatic carbocycles. The van der Waals surface area contributed by atoms with Gasteiger partial charge in [0.15, 0.2) is 0 Å². The first kappa shape index (κ1) is 26.6. The van der Waals surface area contributed by atoms with Crippen LogP contribution in [0.4, 0.5) is 8.78 Å². The number of hydrogen-bond donors (Lipinski definition) is 0. The van der Waals surface area contributed by atoms with E-state index in [1.54, 1.807) is 19.5 Å². The summed E-state index contributed by atoms with van der Waals surface area (Å²) in [7, 11) is 1.61. The van der Waals surface area contributed by atoms with Gasteiger partial charge < -0.3 is 9.64 Å². The average Bonchev–Trinajstić information content (AvgIpc) is 3.32. The number of ether oxygens (including phenoxy) is 1. The molecule has 0 saturated heterocycles. The minimum absolute atomic E-state index is 0.0203. The summed E-state index contributed by atoms with van der Waals surface area (Å²) >= 11 is 7.46. The molecule has 0 N–H and O–H groups in total. The molecule has 0 aliphatic heterocycles. The van der Waals surface area contributed by atoms with Gasteiger partial charge in [0.1, 0.15) is 22.3 Å². The molecule has 0 spiro atoms. The smallest absolute Gasteiger partial charge is 0.266 e. The Hall–Kier alpha value is -3.03. The van der Waals surface area contributed by atoms with Gasteiger partial charge in [0.05, 0.1) is 22.2 Å². The van der Waals surface area contributed by atoms with E-state index in [0.29, 0.717) is 11.7 Å². The largest absolute Gasteiger partial charge is 0.496 e. The van der Waals surface area contributed by atoms with Crippen molar-refractivity contribution < 1.29 is 18.3 Å². The highest BCUT2D eigenvalue weighted by molar-refractivity contribution is 7.21. The topological polar surface area (TPSA) is 42.4 Å². The third kappa shape index (κ3) is 5.14. The Balaban J connectivity index is 1.56. The van der Waals surface area contributed by atoms with Crippen molar-refractivity contribution in [3.05, 3.63) is 82.0 Å². The molecule has 0 bridgehead atoms. The van der Waals surface area contributed by atoms with Crippen LogP contribution in [0.2, 0.25) is 5.02 Å². The number of amides is 1. The number of benzene rings is 2. The first-order valence-electron chi connectivity index (χ1n) is 12.9. The summed E-state index contributed by atoms with van der Waals surface area (Å²) in [6.45, 7) is 2.48. The van der Waals surface area contributed by atoms with E-state index in [4.69, 9.17) is 16.3 Å². The fourth-order valence-corrected chi connectivity index (χ4v) is 6.90. The number of fused-ring (bicyclic) bond motifs is 1. The number of hydrogen-bond acceptors (Lipinski definition) is 4. The van der Waals surface area contributed by atoms with E-state index in [-0.39, 0.29) is 38.5 Å². The maximum atomic E-state index is 14.6. The van der Waals surface area contributed by atoms with Crippen LogP contribution in [0.15, 0.2) is 54.9 Å². The van der Waals surface area contributed by atoms with Gasteiger partial charge in [-0.15, -0.1) is 11.3 Å². The first-order chi connectivity index (χ1) is 18.4. The summed E-state index contributed by atoms with van der Waals surface area (Å²) in [5.74, 6) is -0.237. The summed E-state index contributed by atoms with van der Waals surface area (Å²) in [5.41, 5.74) is 2.76. The average molecular weight is 555 g/mol. The highest BCUT2D eigenvalue weighted by atomic mass is 35.5. The van der Waals surface area contributed by atoms with Gasteiger partial charge >= 0.3 is 0 Å². The third-order valence-corrected chi connectivity index (χ3v) is 9.26. The Morgan fingerprint density at radius 2 is 1.87 bits per heavy atom. The van der Waals surface area contributed by atoms with Gasteiger partial charge in [0.25, 0.3) is 5.91 Å². The molecule has 1 saturated carbocycles. The molecule has 0 radical (unpaired) electrons. The Morgan fingerprint density at radius 1 is 1.11 bits per heavy atom. The molecule has 0 atom stereocenters. The summed E-state index contributed by atoms with van der Waals surface area (Å²) in [6, 6.07) is 11.8. The van der Waals surface area contributed by atoms with Gasteiger partial charge in [-0.25, -0.2) is 8.78 Å². The van der Waals surface area contributed by atoms with Crippen molar-refractivity contribution in [3.8, 4) is 16.9 Å². The fourth-order valence-electron chi connectivity index (χ4n) is 5.40. The van der Waals surface area contributed by atoms with E-state index in [1.165, 1.54) is 0 Å². The molecule has 38 heavy (non-hydrogen) atoms. The minimum atomic E-state index is -0.637. The quantitative estimate of drug-likeness (QED) is 0.230. The van der Waals surface area contributed by atoms with Crippen molar-refractivity contribution in [3.63, 3.8) is 0 Å². The SMILES string of the molecule is CCC1CCC(N(Cc2cc(-c3cccnc3)ccc2OC)C(=O)c2sc3c(F)ccc(F)c3c2Cl)CC1. The fraction of sp³-hybridized carbons (Fsp3) is 0.333. The van der Waals surface area contributed by atoms with Gasteiger partial charge in [0, 0.05) is 36.1 Å². The van der Waals surface area contributed by atoms with Gasteiger partial charge in [-0.2, -0.15) is 0 Å². The van der Waals surface area contributed by atoms with Crippen LogP contribution < -0.4 is 4.74 Å². The van der Waals surface area contributed by atoms with E-state index < -0.39 is 11.6 Å². The number of halogens is 3. The molecular weight excluding hydrogens is 526 g/mol. The Kier molecular flexibility index (Phi) is 7.96. The lowest BCUT2D eigenvalue weighted by molar-refractivity contribution is 0.0591. The van der Waals surface area contributed by atoms with E-state index in [0.717, 1.165) is 72.3 Å². The molecule has 8 heteroatoms. The molecule has 0 unspecified atom stereocenters. The van der Waals surface area contributed by atoms with Gasteiger partial charge in [-0.1, -0.05) is 37.1 Å². The van der Waals surface area contributed by atoms with E-state index >= 15 is 0 Å².